The molecular weight excluding hydrogens is 214 g/mol. The van der Waals surface area contributed by atoms with Crippen LogP contribution in [0, 0.1) is 6.92 Å². The number of ether oxygens (including phenoxy) is 1. The first-order valence-corrected chi connectivity index (χ1v) is 4.81. The first kappa shape index (κ1) is 12.7. The van der Waals surface area contributed by atoms with E-state index < -0.39 is 5.97 Å². The zero-order valence-corrected chi connectivity index (χ0v) is 9.28. The lowest BCUT2D eigenvalue weighted by atomic mass is 10.2. The van der Waals surface area contributed by atoms with Crippen molar-refractivity contribution in [1.82, 2.24) is 5.48 Å². The third kappa shape index (κ3) is 3.65. The van der Waals surface area contributed by atoms with Crippen LogP contribution in [0.2, 0.25) is 0 Å². The van der Waals surface area contributed by atoms with Crippen LogP contribution in [0.1, 0.15) is 21.9 Å². The van der Waals surface area contributed by atoms with Crippen LogP contribution in [0.15, 0.2) is 10.5 Å². The largest absolute Gasteiger partial charge is 0.478 e. The van der Waals surface area contributed by atoms with Crippen molar-refractivity contribution < 1.29 is 23.9 Å². The number of rotatable bonds is 7. The minimum absolute atomic E-state index is 0.175. The van der Waals surface area contributed by atoms with Gasteiger partial charge in [0.15, 0.2) is 0 Å². The van der Waals surface area contributed by atoms with E-state index in [0.29, 0.717) is 31.3 Å². The second-order valence-electron chi connectivity index (χ2n) is 3.15. The maximum absolute atomic E-state index is 10.7. The van der Waals surface area contributed by atoms with Gasteiger partial charge in [0.1, 0.15) is 17.1 Å². The third-order valence-electron chi connectivity index (χ3n) is 1.94. The number of hydroxylamine groups is 1. The highest BCUT2D eigenvalue weighted by molar-refractivity contribution is 5.88. The molecule has 0 fully saturated rings. The van der Waals surface area contributed by atoms with Crippen molar-refractivity contribution in [2.45, 2.75) is 13.5 Å². The van der Waals surface area contributed by atoms with E-state index in [1.165, 1.54) is 6.07 Å². The maximum Gasteiger partial charge on any atom is 0.339 e. The third-order valence-corrected chi connectivity index (χ3v) is 1.94. The van der Waals surface area contributed by atoms with Gasteiger partial charge in [-0.3, -0.25) is 4.84 Å². The lowest BCUT2D eigenvalue weighted by Gasteiger charge is -2.02. The molecule has 6 heteroatoms. The van der Waals surface area contributed by atoms with Crippen molar-refractivity contribution in [3.63, 3.8) is 0 Å². The minimum Gasteiger partial charge on any atom is -0.478 e. The number of carboxylic acids is 1. The Labute approximate surface area is 93.1 Å². The van der Waals surface area contributed by atoms with E-state index in [0.717, 1.165) is 0 Å². The molecule has 0 unspecified atom stereocenters. The topological polar surface area (TPSA) is 80.9 Å². The number of carbonyl (C=O) groups is 1. The first-order valence-electron chi connectivity index (χ1n) is 4.81. The van der Waals surface area contributed by atoms with E-state index in [4.69, 9.17) is 19.1 Å². The Morgan fingerprint density at radius 3 is 2.88 bits per heavy atom. The molecule has 0 spiro atoms. The Bertz CT molecular complexity index is 347. The van der Waals surface area contributed by atoms with Gasteiger partial charge in [-0.1, -0.05) is 0 Å². The Balaban J connectivity index is 2.37. The molecule has 1 aromatic rings. The second kappa shape index (κ2) is 6.26. The summed E-state index contributed by atoms with van der Waals surface area (Å²) in [4.78, 5) is 15.7. The van der Waals surface area contributed by atoms with Gasteiger partial charge in [-0.25, -0.2) is 4.79 Å². The average molecular weight is 229 g/mol. The predicted octanol–water partition coefficient (Wildman–Crippen LogP) is 0.954. The standard InChI is InChI=1S/C10H15NO5/c1-7-9(10(12)13)5-8(16-7)6-11-15-4-3-14-2/h5,11H,3-4,6H2,1-2H3,(H,12,13). The van der Waals surface area contributed by atoms with Gasteiger partial charge in [0, 0.05) is 7.11 Å². The van der Waals surface area contributed by atoms with Crippen LogP contribution in [0.25, 0.3) is 0 Å². The number of furan rings is 1. The summed E-state index contributed by atoms with van der Waals surface area (Å²) in [6.45, 7) is 2.84. The van der Waals surface area contributed by atoms with Crippen LogP contribution in [-0.2, 0) is 16.1 Å². The van der Waals surface area contributed by atoms with Gasteiger partial charge in [0.05, 0.1) is 19.8 Å². The fourth-order valence-corrected chi connectivity index (χ4v) is 1.16. The molecule has 1 aromatic heterocycles. The van der Waals surface area contributed by atoms with E-state index in [1.54, 1.807) is 14.0 Å². The van der Waals surface area contributed by atoms with Crippen LogP contribution < -0.4 is 5.48 Å². The van der Waals surface area contributed by atoms with E-state index in [1.807, 2.05) is 0 Å². The number of methoxy groups -OCH3 is 1. The molecule has 0 aromatic carbocycles. The summed E-state index contributed by atoms with van der Waals surface area (Å²) in [7, 11) is 1.58. The van der Waals surface area contributed by atoms with Crippen LogP contribution in [0.4, 0.5) is 0 Å². The zero-order chi connectivity index (χ0) is 12.0. The number of hydrogen-bond acceptors (Lipinski definition) is 5. The summed E-state index contributed by atoms with van der Waals surface area (Å²) >= 11 is 0. The zero-order valence-electron chi connectivity index (χ0n) is 9.28. The molecule has 0 amide bonds. The van der Waals surface area contributed by atoms with Crippen LogP contribution in [0.3, 0.4) is 0 Å². The number of carboxylic acid groups (broad SMARTS) is 1. The smallest absolute Gasteiger partial charge is 0.339 e. The average Bonchev–Trinajstić information content (AvgIpc) is 2.59. The molecule has 2 N–H and O–H groups in total. The van der Waals surface area contributed by atoms with Gasteiger partial charge in [-0.2, -0.15) is 5.48 Å². The summed E-state index contributed by atoms with van der Waals surface area (Å²) in [6.07, 6.45) is 0. The van der Waals surface area contributed by atoms with Crippen molar-refractivity contribution in [2.75, 3.05) is 20.3 Å². The van der Waals surface area contributed by atoms with Crippen molar-refractivity contribution in [1.29, 1.82) is 0 Å². The fraction of sp³-hybridized carbons (Fsp3) is 0.500. The van der Waals surface area contributed by atoms with Crippen LogP contribution in [-0.4, -0.2) is 31.4 Å². The molecule has 0 atom stereocenters. The van der Waals surface area contributed by atoms with Crippen molar-refractivity contribution in [3.05, 3.63) is 23.2 Å². The predicted molar refractivity (Wildman–Crippen MR) is 55.1 cm³/mol. The molecule has 1 heterocycles. The summed E-state index contributed by atoms with van der Waals surface area (Å²) in [5.41, 5.74) is 2.82. The van der Waals surface area contributed by atoms with Gasteiger partial charge in [-0.05, 0) is 13.0 Å². The van der Waals surface area contributed by atoms with E-state index >= 15 is 0 Å². The molecule has 0 aliphatic carbocycles. The first-order chi connectivity index (χ1) is 7.65. The molecule has 6 nitrogen and oxygen atoms in total. The molecular formula is C10H15NO5. The van der Waals surface area contributed by atoms with Crippen LogP contribution >= 0.6 is 0 Å². The van der Waals surface area contributed by atoms with E-state index in [2.05, 4.69) is 5.48 Å². The molecule has 0 aliphatic rings. The normalized spacial score (nSPS) is 10.6. The number of aromatic carboxylic acids is 1. The summed E-state index contributed by atoms with van der Waals surface area (Å²) in [5, 5.41) is 8.79. The van der Waals surface area contributed by atoms with Gasteiger partial charge < -0.3 is 14.3 Å². The SMILES string of the molecule is COCCONCc1cc(C(=O)O)c(C)o1. The lowest BCUT2D eigenvalue weighted by molar-refractivity contribution is 0.000959. The summed E-state index contributed by atoms with van der Waals surface area (Å²) < 4.78 is 10.0. The van der Waals surface area contributed by atoms with Gasteiger partial charge >= 0.3 is 5.97 Å². The number of nitrogens with one attached hydrogen (secondary N) is 1. The number of hydrogen-bond donors (Lipinski definition) is 2. The highest BCUT2D eigenvalue weighted by Gasteiger charge is 2.13. The summed E-state index contributed by atoms with van der Waals surface area (Å²) in [5.74, 6) is -0.0821. The Morgan fingerprint density at radius 1 is 1.56 bits per heavy atom. The quantitative estimate of drug-likeness (QED) is 0.535. The van der Waals surface area contributed by atoms with E-state index in [9.17, 15) is 4.79 Å². The maximum atomic E-state index is 10.7. The summed E-state index contributed by atoms with van der Waals surface area (Å²) in [6, 6.07) is 1.48. The van der Waals surface area contributed by atoms with Crippen molar-refractivity contribution in [3.8, 4) is 0 Å². The van der Waals surface area contributed by atoms with Crippen molar-refractivity contribution >= 4 is 5.97 Å². The molecule has 0 aliphatic heterocycles. The van der Waals surface area contributed by atoms with Gasteiger partial charge in [0.2, 0.25) is 0 Å². The van der Waals surface area contributed by atoms with Gasteiger partial charge in [0.25, 0.3) is 0 Å². The fourth-order valence-electron chi connectivity index (χ4n) is 1.16. The Hall–Kier alpha value is -1.37. The lowest BCUT2D eigenvalue weighted by Crippen LogP contribution is -2.16. The van der Waals surface area contributed by atoms with Crippen LogP contribution in [0.5, 0.6) is 0 Å². The highest BCUT2D eigenvalue weighted by Crippen LogP contribution is 2.14. The molecule has 16 heavy (non-hydrogen) atoms. The van der Waals surface area contributed by atoms with Crippen molar-refractivity contribution in [2.24, 2.45) is 0 Å². The number of aryl methyl sites for hydroxylation is 1. The van der Waals surface area contributed by atoms with Gasteiger partial charge in [-0.15, -0.1) is 0 Å². The molecule has 0 saturated carbocycles. The minimum atomic E-state index is -0.993. The molecule has 0 radical (unpaired) electrons. The molecule has 90 valence electrons. The molecule has 0 bridgehead atoms. The highest BCUT2D eigenvalue weighted by atomic mass is 16.7. The molecule has 1 rings (SSSR count). The second-order valence-corrected chi connectivity index (χ2v) is 3.15. The monoisotopic (exact) mass is 229 g/mol. The Morgan fingerprint density at radius 2 is 2.31 bits per heavy atom. The Kier molecular flexibility index (Phi) is 4.97. The molecule has 0 saturated heterocycles. The van der Waals surface area contributed by atoms with E-state index in [-0.39, 0.29) is 5.56 Å².